The lowest BCUT2D eigenvalue weighted by atomic mass is 10.2. The van der Waals surface area contributed by atoms with E-state index in [4.69, 9.17) is 5.26 Å². The Balaban J connectivity index is 2.20. The third-order valence-electron chi connectivity index (χ3n) is 2.63. The van der Waals surface area contributed by atoms with Gasteiger partial charge in [-0.15, -0.1) is 0 Å². The van der Waals surface area contributed by atoms with Crippen molar-refractivity contribution in [3.8, 4) is 6.07 Å². The van der Waals surface area contributed by atoms with E-state index in [1.165, 1.54) is 12.1 Å². The zero-order chi connectivity index (χ0) is 13.8. The van der Waals surface area contributed by atoms with E-state index in [-0.39, 0.29) is 5.82 Å². The van der Waals surface area contributed by atoms with Crippen molar-refractivity contribution in [3.63, 3.8) is 0 Å². The van der Waals surface area contributed by atoms with Gasteiger partial charge in [-0.05, 0) is 30.7 Å². The monoisotopic (exact) mass is 256 g/mol. The minimum Gasteiger partial charge on any atom is -0.340 e. The molecule has 0 spiro atoms. The predicted molar refractivity (Wildman–Crippen MR) is 70.0 cm³/mol. The summed E-state index contributed by atoms with van der Waals surface area (Å²) in [6.45, 7) is 2.37. The molecule has 0 radical (unpaired) electrons. The SMILES string of the molecule is Cc1cc(C#N)nc(N(C)Cc2ccc(F)cc2)n1. The van der Waals surface area contributed by atoms with Crippen LogP contribution in [0.4, 0.5) is 10.3 Å². The molecule has 0 bridgehead atoms. The van der Waals surface area contributed by atoms with Crippen molar-refractivity contribution < 1.29 is 4.39 Å². The second kappa shape index (κ2) is 5.44. The molecule has 0 atom stereocenters. The van der Waals surface area contributed by atoms with Gasteiger partial charge in [0.15, 0.2) is 0 Å². The van der Waals surface area contributed by atoms with Crippen molar-refractivity contribution in [2.75, 3.05) is 11.9 Å². The molecule has 1 aromatic carbocycles. The number of hydrogen-bond acceptors (Lipinski definition) is 4. The minimum atomic E-state index is -0.259. The summed E-state index contributed by atoms with van der Waals surface area (Å²) in [5, 5.41) is 8.89. The first-order chi connectivity index (χ1) is 9.08. The van der Waals surface area contributed by atoms with Crippen molar-refractivity contribution in [2.24, 2.45) is 0 Å². The molecule has 0 amide bonds. The van der Waals surface area contributed by atoms with Gasteiger partial charge < -0.3 is 4.90 Å². The molecule has 5 heteroatoms. The largest absolute Gasteiger partial charge is 0.340 e. The van der Waals surface area contributed by atoms with Crippen LogP contribution in [-0.2, 0) is 6.54 Å². The number of hydrogen-bond donors (Lipinski definition) is 0. The van der Waals surface area contributed by atoms with Gasteiger partial charge in [0, 0.05) is 19.3 Å². The van der Waals surface area contributed by atoms with Crippen LogP contribution in [0.2, 0.25) is 0 Å². The molecular formula is C14H13FN4. The van der Waals surface area contributed by atoms with Gasteiger partial charge in [-0.3, -0.25) is 0 Å². The lowest BCUT2D eigenvalue weighted by Crippen LogP contribution is -2.19. The molecule has 2 aromatic rings. The van der Waals surface area contributed by atoms with E-state index in [0.717, 1.165) is 11.3 Å². The number of rotatable bonds is 3. The Kier molecular flexibility index (Phi) is 3.71. The van der Waals surface area contributed by atoms with Gasteiger partial charge in [-0.25, -0.2) is 14.4 Å². The average Bonchev–Trinajstić information content (AvgIpc) is 2.40. The fraction of sp³-hybridized carbons (Fsp3) is 0.214. The summed E-state index contributed by atoms with van der Waals surface area (Å²) < 4.78 is 12.8. The quantitative estimate of drug-likeness (QED) is 0.846. The van der Waals surface area contributed by atoms with Crippen LogP contribution in [-0.4, -0.2) is 17.0 Å². The molecule has 0 aliphatic carbocycles. The van der Waals surface area contributed by atoms with Crippen molar-refractivity contribution in [1.29, 1.82) is 5.26 Å². The summed E-state index contributed by atoms with van der Waals surface area (Å²) in [6, 6.07) is 9.91. The molecule has 0 aliphatic rings. The lowest BCUT2D eigenvalue weighted by molar-refractivity contribution is 0.627. The fourth-order valence-corrected chi connectivity index (χ4v) is 1.72. The van der Waals surface area contributed by atoms with Crippen molar-refractivity contribution in [3.05, 3.63) is 53.1 Å². The van der Waals surface area contributed by atoms with Crippen molar-refractivity contribution in [1.82, 2.24) is 9.97 Å². The first-order valence-electron chi connectivity index (χ1n) is 5.80. The smallest absolute Gasteiger partial charge is 0.226 e. The van der Waals surface area contributed by atoms with E-state index in [2.05, 4.69) is 9.97 Å². The maximum absolute atomic E-state index is 12.8. The number of anilines is 1. The Morgan fingerprint density at radius 1 is 1.26 bits per heavy atom. The number of aryl methyl sites for hydroxylation is 1. The third-order valence-corrected chi connectivity index (χ3v) is 2.63. The molecule has 0 N–H and O–H groups in total. The van der Waals surface area contributed by atoms with Gasteiger partial charge in [0.2, 0.25) is 5.95 Å². The van der Waals surface area contributed by atoms with E-state index in [1.807, 2.05) is 24.9 Å². The zero-order valence-electron chi connectivity index (χ0n) is 10.8. The van der Waals surface area contributed by atoms with Gasteiger partial charge in [0.1, 0.15) is 17.6 Å². The first-order valence-corrected chi connectivity index (χ1v) is 5.80. The molecule has 2 rings (SSSR count). The second-order valence-electron chi connectivity index (χ2n) is 4.29. The third kappa shape index (κ3) is 3.26. The molecule has 0 aliphatic heterocycles. The van der Waals surface area contributed by atoms with E-state index in [1.54, 1.807) is 18.2 Å². The van der Waals surface area contributed by atoms with Crippen LogP contribution in [0.1, 0.15) is 17.0 Å². The highest BCUT2D eigenvalue weighted by atomic mass is 19.1. The molecule has 0 fully saturated rings. The Bertz CT molecular complexity index is 616. The predicted octanol–water partition coefficient (Wildman–Crippen LogP) is 2.43. The topological polar surface area (TPSA) is 52.8 Å². The van der Waals surface area contributed by atoms with E-state index >= 15 is 0 Å². The van der Waals surface area contributed by atoms with Gasteiger partial charge in [-0.1, -0.05) is 12.1 Å². The maximum Gasteiger partial charge on any atom is 0.226 e. The molecule has 1 aromatic heterocycles. The average molecular weight is 256 g/mol. The van der Waals surface area contributed by atoms with E-state index in [9.17, 15) is 4.39 Å². The molecule has 0 saturated carbocycles. The molecule has 0 saturated heterocycles. The summed E-state index contributed by atoms with van der Waals surface area (Å²) in [5.41, 5.74) is 2.04. The highest BCUT2D eigenvalue weighted by molar-refractivity contribution is 5.36. The fourth-order valence-electron chi connectivity index (χ4n) is 1.72. The summed E-state index contributed by atoms with van der Waals surface area (Å²) in [7, 11) is 1.83. The van der Waals surface area contributed by atoms with Gasteiger partial charge >= 0.3 is 0 Å². The molecule has 96 valence electrons. The number of nitriles is 1. The van der Waals surface area contributed by atoms with Crippen LogP contribution in [0.25, 0.3) is 0 Å². The van der Waals surface area contributed by atoms with Crippen molar-refractivity contribution in [2.45, 2.75) is 13.5 Å². The second-order valence-corrected chi connectivity index (χ2v) is 4.29. The normalized spacial score (nSPS) is 10.0. The van der Waals surface area contributed by atoms with Gasteiger partial charge in [-0.2, -0.15) is 5.26 Å². The standard InChI is InChI=1S/C14H13FN4/c1-10-7-13(8-16)18-14(17-10)19(2)9-11-3-5-12(15)6-4-11/h3-7H,9H2,1-2H3. The Hall–Kier alpha value is -2.48. The summed E-state index contributed by atoms with van der Waals surface area (Å²) in [6.07, 6.45) is 0. The van der Waals surface area contributed by atoms with Crippen LogP contribution in [0.3, 0.4) is 0 Å². The number of benzene rings is 1. The molecule has 1 heterocycles. The number of halogens is 1. The first kappa shape index (κ1) is 13.0. The van der Waals surface area contributed by atoms with Gasteiger partial charge in [0.05, 0.1) is 0 Å². The molecule has 0 unspecified atom stereocenters. The van der Waals surface area contributed by atoms with Gasteiger partial charge in [0.25, 0.3) is 0 Å². The maximum atomic E-state index is 12.8. The van der Waals surface area contributed by atoms with Crippen LogP contribution in [0.5, 0.6) is 0 Å². The molecule has 19 heavy (non-hydrogen) atoms. The minimum absolute atomic E-state index is 0.259. The highest BCUT2D eigenvalue weighted by Crippen LogP contribution is 2.12. The summed E-state index contributed by atoms with van der Waals surface area (Å²) in [4.78, 5) is 10.3. The van der Waals surface area contributed by atoms with Crippen LogP contribution in [0, 0.1) is 24.1 Å². The summed E-state index contributed by atoms with van der Waals surface area (Å²) in [5.74, 6) is 0.228. The Morgan fingerprint density at radius 2 is 1.95 bits per heavy atom. The van der Waals surface area contributed by atoms with Crippen LogP contribution >= 0.6 is 0 Å². The van der Waals surface area contributed by atoms with Crippen LogP contribution in [0.15, 0.2) is 30.3 Å². The summed E-state index contributed by atoms with van der Waals surface area (Å²) >= 11 is 0. The highest BCUT2D eigenvalue weighted by Gasteiger charge is 2.08. The number of nitrogens with zero attached hydrogens (tertiary/aromatic N) is 4. The van der Waals surface area contributed by atoms with Crippen LogP contribution < -0.4 is 4.90 Å². The molecule has 4 nitrogen and oxygen atoms in total. The zero-order valence-corrected chi connectivity index (χ0v) is 10.8. The molecular weight excluding hydrogens is 243 g/mol. The van der Waals surface area contributed by atoms with Crippen molar-refractivity contribution >= 4 is 5.95 Å². The Morgan fingerprint density at radius 3 is 2.58 bits per heavy atom. The van der Waals surface area contributed by atoms with E-state index < -0.39 is 0 Å². The number of aromatic nitrogens is 2. The van der Waals surface area contributed by atoms with E-state index in [0.29, 0.717) is 18.2 Å². The lowest BCUT2D eigenvalue weighted by Gasteiger charge is -2.17. The Labute approximate surface area is 111 Å².